The number of hydrogen-bond acceptors (Lipinski definition) is 3. The van der Waals surface area contributed by atoms with Crippen LogP contribution < -0.4 is 5.32 Å². The molecule has 1 aliphatic carbocycles. The van der Waals surface area contributed by atoms with Gasteiger partial charge in [0, 0.05) is 25.5 Å². The number of aromatic nitrogens is 1. The Morgan fingerprint density at radius 1 is 1.19 bits per heavy atom. The van der Waals surface area contributed by atoms with Crippen molar-refractivity contribution in [1.29, 1.82) is 0 Å². The Kier molecular flexibility index (Phi) is 6.65. The molecule has 0 aliphatic heterocycles. The molecular weight excluding hydrogens is 260 g/mol. The molecule has 1 heterocycles. The molecule has 1 aromatic heterocycles. The van der Waals surface area contributed by atoms with E-state index in [1.807, 2.05) is 19.5 Å². The standard InChI is InChI=1S/C18H30N2O/c1-3-12-20-17(15-16-8-13-19-14-9-16)18(21-2)10-6-4-5-7-11-18/h8-9,13-14,17,20H,3-7,10-12,15H2,1-2H3. The average molecular weight is 290 g/mol. The molecule has 1 N–H and O–H groups in total. The van der Waals surface area contributed by atoms with E-state index in [0.717, 1.165) is 19.4 Å². The zero-order valence-electron chi connectivity index (χ0n) is 13.6. The zero-order valence-corrected chi connectivity index (χ0v) is 13.6. The summed E-state index contributed by atoms with van der Waals surface area (Å²) in [6.07, 6.45) is 13.6. The molecule has 0 spiro atoms. The van der Waals surface area contributed by atoms with Crippen LogP contribution in [0.4, 0.5) is 0 Å². The average Bonchev–Trinajstić information content (AvgIpc) is 2.79. The third-order valence-electron chi connectivity index (χ3n) is 4.82. The summed E-state index contributed by atoms with van der Waals surface area (Å²) in [5, 5.41) is 3.76. The van der Waals surface area contributed by atoms with Crippen LogP contribution in [0.3, 0.4) is 0 Å². The minimum atomic E-state index is -0.00502. The fraction of sp³-hybridized carbons (Fsp3) is 0.722. The molecule has 0 saturated heterocycles. The van der Waals surface area contributed by atoms with Crippen molar-refractivity contribution in [2.45, 2.75) is 69.9 Å². The van der Waals surface area contributed by atoms with Crippen LogP contribution in [0.5, 0.6) is 0 Å². The molecular formula is C18H30N2O. The van der Waals surface area contributed by atoms with Gasteiger partial charge in [-0.15, -0.1) is 0 Å². The first kappa shape index (κ1) is 16.4. The summed E-state index contributed by atoms with van der Waals surface area (Å²) in [4.78, 5) is 4.13. The van der Waals surface area contributed by atoms with E-state index in [4.69, 9.17) is 4.74 Å². The van der Waals surface area contributed by atoms with Crippen LogP contribution in [0.25, 0.3) is 0 Å². The molecule has 2 rings (SSSR count). The lowest BCUT2D eigenvalue weighted by Crippen LogP contribution is -2.53. The van der Waals surface area contributed by atoms with Gasteiger partial charge >= 0.3 is 0 Å². The summed E-state index contributed by atoms with van der Waals surface area (Å²) in [6, 6.07) is 4.64. The van der Waals surface area contributed by atoms with Crippen LogP contribution in [-0.2, 0) is 11.2 Å². The SMILES string of the molecule is CCCNC(Cc1ccncc1)C1(OC)CCCCCC1. The summed E-state index contributed by atoms with van der Waals surface area (Å²) >= 11 is 0. The molecule has 3 heteroatoms. The van der Waals surface area contributed by atoms with Gasteiger partial charge in [0.25, 0.3) is 0 Å². The van der Waals surface area contributed by atoms with Gasteiger partial charge in [0.2, 0.25) is 0 Å². The minimum Gasteiger partial charge on any atom is -0.377 e. The summed E-state index contributed by atoms with van der Waals surface area (Å²) in [5.41, 5.74) is 1.34. The third kappa shape index (κ3) is 4.52. The predicted molar refractivity (Wildman–Crippen MR) is 87.5 cm³/mol. The molecule has 118 valence electrons. The highest BCUT2D eigenvalue weighted by molar-refractivity contribution is 5.14. The van der Waals surface area contributed by atoms with Crippen LogP contribution in [0.1, 0.15) is 57.4 Å². The number of methoxy groups -OCH3 is 1. The summed E-state index contributed by atoms with van der Waals surface area (Å²) in [6.45, 7) is 3.28. The van der Waals surface area contributed by atoms with Crippen molar-refractivity contribution < 1.29 is 4.74 Å². The second-order valence-corrected chi connectivity index (χ2v) is 6.25. The maximum atomic E-state index is 6.11. The van der Waals surface area contributed by atoms with E-state index in [1.54, 1.807) is 0 Å². The molecule has 1 aromatic rings. The quantitative estimate of drug-likeness (QED) is 0.777. The Morgan fingerprint density at radius 2 is 1.86 bits per heavy atom. The Morgan fingerprint density at radius 3 is 2.43 bits per heavy atom. The number of nitrogens with one attached hydrogen (secondary N) is 1. The first-order valence-corrected chi connectivity index (χ1v) is 8.48. The highest BCUT2D eigenvalue weighted by Crippen LogP contribution is 2.34. The van der Waals surface area contributed by atoms with E-state index in [9.17, 15) is 0 Å². The fourth-order valence-electron chi connectivity index (χ4n) is 3.54. The molecule has 1 saturated carbocycles. The second kappa shape index (κ2) is 8.50. The highest BCUT2D eigenvalue weighted by Gasteiger charge is 2.38. The van der Waals surface area contributed by atoms with Gasteiger partial charge in [-0.2, -0.15) is 0 Å². The van der Waals surface area contributed by atoms with Gasteiger partial charge in [0.1, 0.15) is 0 Å². The molecule has 0 radical (unpaired) electrons. The Hall–Kier alpha value is -0.930. The van der Waals surface area contributed by atoms with E-state index in [0.29, 0.717) is 6.04 Å². The lowest BCUT2D eigenvalue weighted by Gasteiger charge is -2.40. The van der Waals surface area contributed by atoms with Gasteiger partial charge in [-0.25, -0.2) is 0 Å². The number of ether oxygens (including phenoxy) is 1. The largest absolute Gasteiger partial charge is 0.377 e. The van der Waals surface area contributed by atoms with Crippen LogP contribution in [0.15, 0.2) is 24.5 Å². The molecule has 0 aromatic carbocycles. The van der Waals surface area contributed by atoms with Crippen LogP contribution in [0, 0.1) is 0 Å². The maximum Gasteiger partial charge on any atom is 0.0834 e. The molecule has 1 atom stereocenters. The highest BCUT2D eigenvalue weighted by atomic mass is 16.5. The van der Waals surface area contributed by atoms with Gasteiger partial charge < -0.3 is 10.1 Å². The normalized spacial score (nSPS) is 19.9. The molecule has 0 bridgehead atoms. The van der Waals surface area contributed by atoms with Crippen LogP contribution >= 0.6 is 0 Å². The monoisotopic (exact) mass is 290 g/mol. The number of rotatable bonds is 7. The van der Waals surface area contributed by atoms with Gasteiger partial charge in [0.05, 0.1) is 5.60 Å². The van der Waals surface area contributed by atoms with Gasteiger partial charge in [-0.05, 0) is 49.9 Å². The van der Waals surface area contributed by atoms with E-state index < -0.39 is 0 Å². The number of pyridine rings is 1. The van der Waals surface area contributed by atoms with E-state index in [2.05, 4.69) is 29.4 Å². The Labute approximate surface area is 129 Å². The molecule has 0 amide bonds. The summed E-state index contributed by atoms with van der Waals surface area (Å²) < 4.78 is 6.11. The lowest BCUT2D eigenvalue weighted by molar-refractivity contribution is -0.0526. The van der Waals surface area contributed by atoms with E-state index in [1.165, 1.54) is 44.1 Å². The number of hydrogen-bond donors (Lipinski definition) is 1. The van der Waals surface area contributed by atoms with Crippen molar-refractivity contribution in [3.05, 3.63) is 30.1 Å². The fourth-order valence-corrected chi connectivity index (χ4v) is 3.54. The van der Waals surface area contributed by atoms with Crippen molar-refractivity contribution in [3.8, 4) is 0 Å². The second-order valence-electron chi connectivity index (χ2n) is 6.25. The van der Waals surface area contributed by atoms with Crippen molar-refractivity contribution in [2.24, 2.45) is 0 Å². The topological polar surface area (TPSA) is 34.2 Å². The molecule has 1 aliphatic rings. The van der Waals surface area contributed by atoms with Gasteiger partial charge in [-0.1, -0.05) is 32.6 Å². The van der Waals surface area contributed by atoms with Crippen LogP contribution in [0.2, 0.25) is 0 Å². The lowest BCUT2D eigenvalue weighted by atomic mass is 9.82. The van der Waals surface area contributed by atoms with E-state index in [-0.39, 0.29) is 5.60 Å². The summed E-state index contributed by atoms with van der Waals surface area (Å²) in [7, 11) is 1.90. The number of nitrogens with zero attached hydrogens (tertiary/aromatic N) is 1. The van der Waals surface area contributed by atoms with Gasteiger partial charge in [0.15, 0.2) is 0 Å². The van der Waals surface area contributed by atoms with Gasteiger partial charge in [-0.3, -0.25) is 4.98 Å². The molecule has 3 nitrogen and oxygen atoms in total. The Bertz CT molecular complexity index is 385. The molecule has 1 unspecified atom stereocenters. The van der Waals surface area contributed by atoms with Crippen molar-refractivity contribution >= 4 is 0 Å². The molecule has 21 heavy (non-hydrogen) atoms. The van der Waals surface area contributed by atoms with E-state index >= 15 is 0 Å². The van der Waals surface area contributed by atoms with Crippen molar-refractivity contribution in [3.63, 3.8) is 0 Å². The summed E-state index contributed by atoms with van der Waals surface area (Å²) in [5.74, 6) is 0. The van der Waals surface area contributed by atoms with Crippen LogP contribution in [-0.4, -0.2) is 30.3 Å². The predicted octanol–water partition coefficient (Wildman–Crippen LogP) is 3.73. The molecule has 1 fully saturated rings. The first-order valence-electron chi connectivity index (χ1n) is 8.48. The maximum absolute atomic E-state index is 6.11. The van der Waals surface area contributed by atoms with Crippen molar-refractivity contribution in [1.82, 2.24) is 10.3 Å². The zero-order chi connectivity index (χ0) is 15.0. The Balaban J connectivity index is 2.15. The van der Waals surface area contributed by atoms with Crippen molar-refractivity contribution in [2.75, 3.05) is 13.7 Å². The first-order chi connectivity index (χ1) is 10.3. The third-order valence-corrected chi connectivity index (χ3v) is 4.82. The smallest absolute Gasteiger partial charge is 0.0834 e. The minimum absolute atomic E-state index is 0.00502.